The van der Waals surface area contributed by atoms with E-state index in [1.165, 1.54) is 5.56 Å². The van der Waals surface area contributed by atoms with Crippen molar-refractivity contribution in [3.05, 3.63) is 35.9 Å². The SMILES string of the molecule is O=S(=O)(N1CC(CCc2ccccc2)C1)C1(CCl)CC1. The maximum Gasteiger partial charge on any atom is 0.221 e. The second kappa shape index (κ2) is 5.32. The Balaban J connectivity index is 1.50. The first kappa shape index (κ1) is 14.4. The molecule has 1 aliphatic carbocycles. The molecule has 3 nitrogen and oxygen atoms in total. The van der Waals surface area contributed by atoms with Gasteiger partial charge in [-0.05, 0) is 37.2 Å². The van der Waals surface area contributed by atoms with E-state index in [1.807, 2.05) is 18.2 Å². The maximum atomic E-state index is 12.4. The normalized spacial score (nSPS) is 22.4. The fourth-order valence-corrected chi connectivity index (χ4v) is 5.59. The second-order valence-corrected chi connectivity index (χ2v) is 8.63. The lowest BCUT2D eigenvalue weighted by atomic mass is 9.95. The van der Waals surface area contributed by atoms with Crippen LogP contribution in [0, 0.1) is 5.92 Å². The molecule has 20 heavy (non-hydrogen) atoms. The molecule has 0 unspecified atom stereocenters. The van der Waals surface area contributed by atoms with Crippen molar-refractivity contribution < 1.29 is 8.42 Å². The van der Waals surface area contributed by atoms with Crippen LogP contribution in [0.4, 0.5) is 0 Å². The van der Waals surface area contributed by atoms with Gasteiger partial charge in [-0.15, -0.1) is 11.6 Å². The summed E-state index contributed by atoms with van der Waals surface area (Å²) in [5.41, 5.74) is 1.33. The summed E-state index contributed by atoms with van der Waals surface area (Å²) >= 11 is 5.84. The van der Waals surface area contributed by atoms with Crippen LogP contribution in [-0.2, 0) is 16.4 Å². The average molecular weight is 314 g/mol. The van der Waals surface area contributed by atoms with E-state index in [1.54, 1.807) is 4.31 Å². The monoisotopic (exact) mass is 313 g/mol. The number of rotatable bonds is 6. The molecule has 2 aliphatic rings. The van der Waals surface area contributed by atoms with Crippen molar-refractivity contribution in [1.82, 2.24) is 4.31 Å². The highest BCUT2D eigenvalue weighted by Crippen LogP contribution is 2.47. The number of halogens is 1. The summed E-state index contributed by atoms with van der Waals surface area (Å²) in [6.45, 7) is 1.35. The van der Waals surface area contributed by atoms with Gasteiger partial charge >= 0.3 is 0 Å². The number of benzene rings is 1. The van der Waals surface area contributed by atoms with Crippen molar-refractivity contribution >= 4 is 21.6 Å². The molecule has 0 atom stereocenters. The summed E-state index contributed by atoms with van der Waals surface area (Å²) < 4.78 is 25.8. The summed E-state index contributed by atoms with van der Waals surface area (Å²) in [6, 6.07) is 10.4. The van der Waals surface area contributed by atoms with Gasteiger partial charge in [-0.1, -0.05) is 30.3 Å². The molecule has 0 bridgehead atoms. The van der Waals surface area contributed by atoms with Gasteiger partial charge < -0.3 is 0 Å². The van der Waals surface area contributed by atoms with E-state index in [-0.39, 0.29) is 5.88 Å². The molecule has 1 saturated heterocycles. The molecular formula is C15H20ClNO2S. The molecule has 0 amide bonds. The van der Waals surface area contributed by atoms with Crippen LogP contribution in [0.3, 0.4) is 0 Å². The van der Waals surface area contributed by atoms with Crippen LogP contribution in [0.5, 0.6) is 0 Å². The number of nitrogens with zero attached hydrogens (tertiary/aromatic N) is 1. The average Bonchev–Trinajstić information content (AvgIpc) is 3.19. The first-order valence-electron chi connectivity index (χ1n) is 7.17. The second-order valence-electron chi connectivity index (χ2n) is 6.03. The Kier molecular flexibility index (Phi) is 3.82. The number of alkyl halides is 1. The zero-order valence-corrected chi connectivity index (χ0v) is 13.0. The molecule has 1 aromatic rings. The first-order valence-corrected chi connectivity index (χ1v) is 9.14. The van der Waals surface area contributed by atoms with Gasteiger partial charge in [-0.2, -0.15) is 0 Å². The van der Waals surface area contributed by atoms with Crippen LogP contribution in [0.2, 0.25) is 0 Å². The summed E-state index contributed by atoms with van der Waals surface area (Å²) in [7, 11) is -3.16. The largest absolute Gasteiger partial charge is 0.221 e. The van der Waals surface area contributed by atoms with Crippen LogP contribution in [0.25, 0.3) is 0 Å². The number of aryl methyl sites for hydroxylation is 1. The molecule has 0 aromatic heterocycles. The lowest BCUT2D eigenvalue weighted by Gasteiger charge is -2.40. The zero-order chi connectivity index (χ0) is 14.2. The maximum absolute atomic E-state index is 12.4. The Morgan fingerprint density at radius 2 is 1.85 bits per heavy atom. The number of hydrogen-bond donors (Lipinski definition) is 0. The van der Waals surface area contributed by atoms with E-state index >= 15 is 0 Å². The number of hydrogen-bond acceptors (Lipinski definition) is 2. The Bertz CT molecular complexity index is 563. The van der Waals surface area contributed by atoms with E-state index < -0.39 is 14.8 Å². The van der Waals surface area contributed by atoms with E-state index in [0.717, 1.165) is 25.7 Å². The highest BCUT2D eigenvalue weighted by molar-refractivity contribution is 7.91. The molecule has 1 aromatic carbocycles. The van der Waals surface area contributed by atoms with Crippen molar-refractivity contribution in [2.24, 2.45) is 5.92 Å². The molecule has 1 heterocycles. The molecule has 1 aliphatic heterocycles. The molecule has 3 rings (SSSR count). The molecule has 1 saturated carbocycles. The quantitative estimate of drug-likeness (QED) is 0.757. The van der Waals surface area contributed by atoms with Crippen molar-refractivity contribution in [3.8, 4) is 0 Å². The number of sulfonamides is 1. The van der Waals surface area contributed by atoms with E-state index in [2.05, 4.69) is 12.1 Å². The predicted octanol–water partition coefficient (Wildman–Crippen LogP) is 2.65. The Hall–Kier alpha value is -0.580. The van der Waals surface area contributed by atoms with Crippen molar-refractivity contribution in [3.63, 3.8) is 0 Å². The lowest BCUT2D eigenvalue weighted by molar-refractivity contribution is 0.188. The molecule has 0 radical (unpaired) electrons. The first-order chi connectivity index (χ1) is 9.57. The fraction of sp³-hybridized carbons (Fsp3) is 0.600. The van der Waals surface area contributed by atoms with Crippen molar-refractivity contribution in [1.29, 1.82) is 0 Å². The summed E-state index contributed by atoms with van der Waals surface area (Å²) in [6.07, 6.45) is 3.54. The molecule has 0 N–H and O–H groups in total. The van der Waals surface area contributed by atoms with E-state index in [9.17, 15) is 8.42 Å². The highest BCUT2D eigenvalue weighted by Gasteiger charge is 2.57. The van der Waals surface area contributed by atoms with Gasteiger partial charge in [-0.25, -0.2) is 12.7 Å². The van der Waals surface area contributed by atoms with E-state index in [4.69, 9.17) is 11.6 Å². The minimum absolute atomic E-state index is 0.237. The molecule has 0 spiro atoms. The predicted molar refractivity (Wildman–Crippen MR) is 81.4 cm³/mol. The molecular weight excluding hydrogens is 294 g/mol. The summed E-state index contributed by atoms with van der Waals surface area (Å²) in [5.74, 6) is 0.733. The standard InChI is InChI=1S/C15H20ClNO2S/c16-12-15(8-9-15)20(18,19)17-10-14(11-17)7-6-13-4-2-1-3-5-13/h1-5,14H,6-12H2. The van der Waals surface area contributed by atoms with Crippen LogP contribution >= 0.6 is 11.6 Å². The highest BCUT2D eigenvalue weighted by atomic mass is 35.5. The van der Waals surface area contributed by atoms with Crippen molar-refractivity contribution in [2.75, 3.05) is 19.0 Å². The van der Waals surface area contributed by atoms with Crippen molar-refractivity contribution in [2.45, 2.75) is 30.4 Å². The molecule has 110 valence electrons. The van der Waals surface area contributed by atoms with Gasteiger partial charge in [0.15, 0.2) is 0 Å². The Morgan fingerprint density at radius 1 is 1.20 bits per heavy atom. The van der Waals surface area contributed by atoms with Crippen LogP contribution in [-0.4, -0.2) is 36.4 Å². The van der Waals surface area contributed by atoms with E-state index in [0.29, 0.717) is 19.0 Å². The zero-order valence-electron chi connectivity index (χ0n) is 11.5. The minimum Gasteiger partial charge on any atom is -0.212 e. The third-order valence-electron chi connectivity index (χ3n) is 4.55. The fourth-order valence-electron chi connectivity index (χ4n) is 2.79. The molecule has 5 heteroatoms. The van der Waals surface area contributed by atoms with Crippen LogP contribution in [0.1, 0.15) is 24.8 Å². The van der Waals surface area contributed by atoms with Gasteiger partial charge in [-0.3, -0.25) is 0 Å². The summed E-state index contributed by atoms with van der Waals surface area (Å²) in [5, 5.41) is 0. The van der Waals surface area contributed by atoms with Crippen LogP contribution in [0.15, 0.2) is 30.3 Å². The lowest BCUT2D eigenvalue weighted by Crippen LogP contribution is -2.54. The van der Waals surface area contributed by atoms with Gasteiger partial charge in [0, 0.05) is 19.0 Å². The Morgan fingerprint density at radius 3 is 2.40 bits per heavy atom. The van der Waals surface area contributed by atoms with Gasteiger partial charge in [0.2, 0.25) is 10.0 Å². The third kappa shape index (κ3) is 2.49. The van der Waals surface area contributed by atoms with Gasteiger partial charge in [0.25, 0.3) is 0 Å². The topological polar surface area (TPSA) is 37.4 Å². The minimum atomic E-state index is -3.16. The van der Waals surface area contributed by atoms with Gasteiger partial charge in [0.1, 0.15) is 4.75 Å². The summed E-state index contributed by atoms with van der Waals surface area (Å²) in [4.78, 5) is 0. The Labute approximate surface area is 126 Å². The van der Waals surface area contributed by atoms with Crippen LogP contribution < -0.4 is 0 Å². The van der Waals surface area contributed by atoms with Gasteiger partial charge in [0.05, 0.1) is 0 Å². The molecule has 2 fully saturated rings. The third-order valence-corrected chi connectivity index (χ3v) is 7.84. The smallest absolute Gasteiger partial charge is 0.212 e.